The summed E-state index contributed by atoms with van der Waals surface area (Å²) in [7, 11) is -10.4. The largest absolute Gasteiger partial charge is 0.426 e. The van der Waals surface area contributed by atoms with E-state index in [9.17, 15) is 28.8 Å². The van der Waals surface area contributed by atoms with Crippen LogP contribution in [0.4, 0.5) is 0 Å². The predicted octanol–water partition coefficient (Wildman–Crippen LogP) is 3.62. The quantitative estimate of drug-likeness (QED) is 0.214. The molecule has 176 valence electrons. The van der Waals surface area contributed by atoms with Crippen LogP contribution in [0, 0.1) is 5.92 Å². The van der Waals surface area contributed by atoms with Gasteiger partial charge in [-0.05, 0) is 30.5 Å². The molecule has 2 atom stereocenters. The van der Waals surface area contributed by atoms with Crippen LogP contribution in [0.1, 0.15) is 32.8 Å². The number of hydrogen-bond donors (Lipinski definition) is 3. The van der Waals surface area contributed by atoms with E-state index in [-0.39, 0.29) is 29.2 Å². The van der Waals surface area contributed by atoms with E-state index >= 15 is 0 Å². The zero-order valence-electron chi connectivity index (χ0n) is 18.0. The Kier molecular flexibility index (Phi) is 8.53. The summed E-state index contributed by atoms with van der Waals surface area (Å²) < 4.78 is 41.1. The fourth-order valence-corrected chi connectivity index (χ4v) is 6.31. The minimum atomic E-state index is -5.18. The Labute approximate surface area is 186 Å². The molecule has 1 aliphatic rings. The third-order valence-corrected chi connectivity index (χ3v) is 8.98. The molecular weight excluding hydrogens is 460 g/mol. The molecule has 3 N–H and O–H groups in total. The summed E-state index contributed by atoms with van der Waals surface area (Å²) >= 11 is 0. The van der Waals surface area contributed by atoms with Gasteiger partial charge >= 0.3 is 21.2 Å². The molecule has 0 amide bonds. The number of hydrogen-bond acceptors (Lipinski definition) is 8. The molecule has 12 heteroatoms. The molecule has 0 saturated carbocycles. The maximum atomic E-state index is 12.9. The maximum Gasteiger partial charge on any atom is 0.374 e. The molecule has 0 spiro atoms. The summed E-state index contributed by atoms with van der Waals surface area (Å²) in [5.74, 6) is -0.796. The van der Waals surface area contributed by atoms with E-state index in [0.29, 0.717) is 0 Å². The van der Waals surface area contributed by atoms with Crippen molar-refractivity contribution < 1.29 is 42.6 Å². The summed E-state index contributed by atoms with van der Waals surface area (Å²) in [5.41, 5.74) is -0.0773. The molecule has 2 rings (SSSR count). The van der Waals surface area contributed by atoms with Gasteiger partial charge in [-0.3, -0.25) is 28.0 Å². The van der Waals surface area contributed by atoms with Gasteiger partial charge in [-0.15, -0.1) is 0 Å². The topological polar surface area (TPSA) is 152 Å². The minimum Gasteiger partial charge on any atom is -0.426 e. The lowest BCUT2D eigenvalue weighted by Crippen LogP contribution is -2.41. The van der Waals surface area contributed by atoms with E-state index < -0.39 is 39.0 Å². The SMILES string of the molecule is C=C(C(=CC=CC)OC(=O)CC(C)C)C1OP(=O)(O)C(O)(Cc2cccnc2)P(=O)(O)O1. The number of esters is 1. The molecule has 0 aliphatic carbocycles. The van der Waals surface area contributed by atoms with Crippen molar-refractivity contribution in [3.8, 4) is 0 Å². The number of pyridine rings is 1. The van der Waals surface area contributed by atoms with Crippen LogP contribution in [-0.4, -0.2) is 37.2 Å². The molecule has 1 saturated heterocycles. The lowest BCUT2D eigenvalue weighted by Gasteiger charge is -2.41. The first kappa shape index (κ1) is 26.4. The third kappa shape index (κ3) is 5.91. The van der Waals surface area contributed by atoms with E-state index in [0.717, 1.165) is 0 Å². The number of allylic oxidation sites excluding steroid dienone is 3. The highest BCUT2D eigenvalue weighted by atomic mass is 31.2. The van der Waals surface area contributed by atoms with Gasteiger partial charge in [0.2, 0.25) is 6.29 Å². The Balaban J connectivity index is 2.34. The second-order valence-electron chi connectivity index (χ2n) is 7.55. The molecule has 2 heterocycles. The van der Waals surface area contributed by atoms with Gasteiger partial charge in [0, 0.05) is 30.8 Å². The monoisotopic (exact) mass is 487 g/mol. The lowest BCUT2D eigenvalue weighted by molar-refractivity contribution is -0.140. The van der Waals surface area contributed by atoms with Gasteiger partial charge < -0.3 is 19.6 Å². The lowest BCUT2D eigenvalue weighted by atomic mass is 10.1. The van der Waals surface area contributed by atoms with Crippen LogP contribution in [0.3, 0.4) is 0 Å². The average Bonchev–Trinajstić information content (AvgIpc) is 2.68. The average molecular weight is 487 g/mol. The molecule has 1 aromatic rings. The van der Waals surface area contributed by atoms with Gasteiger partial charge in [-0.25, -0.2) is 0 Å². The van der Waals surface area contributed by atoms with Crippen LogP contribution in [-0.2, 0) is 34.1 Å². The summed E-state index contributed by atoms with van der Waals surface area (Å²) in [6.07, 6.45) is 4.55. The van der Waals surface area contributed by atoms with E-state index in [1.54, 1.807) is 13.0 Å². The van der Waals surface area contributed by atoms with E-state index in [1.165, 1.54) is 36.7 Å². The number of nitrogens with zero attached hydrogens (tertiary/aromatic N) is 1. The highest BCUT2D eigenvalue weighted by Gasteiger charge is 2.67. The molecule has 0 radical (unpaired) electrons. The predicted molar refractivity (Wildman–Crippen MR) is 116 cm³/mol. The Morgan fingerprint density at radius 1 is 1.34 bits per heavy atom. The highest BCUT2D eigenvalue weighted by molar-refractivity contribution is 7.73. The summed E-state index contributed by atoms with van der Waals surface area (Å²) in [5, 5.41) is 7.62. The van der Waals surface area contributed by atoms with Crippen LogP contribution in [0.2, 0.25) is 0 Å². The van der Waals surface area contributed by atoms with Gasteiger partial charge in [0.05, 0.1) is 0 Å². The van der Waals surface area contributed by atoms with Crippen molar-refractivity contribution >= 4 is 21.2 Å². The number of rotatable bonds is 8. The number of aliphatic hydroxyl groups is 1. The first-order chi connectivity index (χ1) is 14.8. The summed E-state index contributed by atoms with van der Waals surface area (Å²) in [6.45, 7) is 8.96. The maximum absolute atomic E-state index is 12.9. The van der Waals surface area contributed by atoms with Gasteiger partial charge in [0.25, 0.3) is 5.08 Å². The fourth-order valence-electron chi connectivity index (χ4n) is 2.71. The van der Waals surface area contributed by atoms with E-state index in [1.807, 2.05) is 13.8 Å². The number of aromatic nitrogens is 1. The first-order valence-corrected chi connectivity index (χ1v) is 12.8. The van der Waals surface area contributed by atoms with Crippen molar-refractivity contribution in [1.29, 1.82) is 0 Å². The van der Waals surface area contributed by atoms with Crippen molar-refractivity contribution in [2.75, 3.05) is 0 Å². The van der Waals surface area contributed by atoms with Gasteiger partial charge in [0.15, 0.2) is 0 Å². The molecule has 1 aliphatic heterocycles. The minimum absolute atomic E-state index is 0.00119. The van der Waals surface area contributed by atoms with Crippen molar-refractivity contribution in [1.82, 2.24) is 4.98 Å². The first-order valence-electron chi connectivity index (χ1n) is 9.69. The van der Waals surface area contributed by atoms with Crippen LogP contribution in [0.25, 0.3) is 0 Å². The smallest absolute Gasteiger partial charge is 0.374 e. The Bertz CT molecular complexity index is 978. The van der Waals surface area contributed by atoms with Gasteiger partial charge in [0.1, 0.15) is 5.76 Å². The summed E-state index contributed by atoms with van der Waals surface area (Å²) in [4.78, 5) is 36.8. The normalized spacial score (nSPS) is 31.1. The molecular formula is C20H27NO9P2. The molecule has 10 nitrogen and oxygen atoms in total. The van der Waals surface area contributed by atoms with E-state index in [2.05, 4.69) is 11.6 Å². The van der Waals surface area contributed by atoms with Crippen LogP contribution >= 0.6 is 15.2 Å². The van der Waals surface area contributed by atoms with Gasteiger partial charge in [-0.2, -0.15) is 0 Å². The number of ether oxygens (including phenoxy) is 1. The third-order valence-electron chi connectivity index (χ3n) is 4.39. The zero-order chi connectivity index (χ0) is 24.2. The van der Waals surface area contributed by atoms with E-state index in [4.69, 9.17) is 13.8 Å². The fraction of sp³-hybridized carbons (Fsp3) is 0.400. The van der Waals surface area contributed by atoms with Crippen molar-refractivity contribution in [2.45, 2.75) is 45.0 Å². The van der Waals surface area contributed by atoms with Crippen LogP contribution < -0.4 is 0 Å². The number of carbonyl (C=O) groups is 1. The Morgan fingerprint density at radius 2 is 1.97 bits per heavy atom. The van der Waals surface area contributed by atoms with Crippen LogP contribution in [0.15, 0.2) is 60.7 Å². The molecule has 0 aromatic carbocycles. The van der Waals surface area contributed by atoms with Gasteiger partial charge in [-0.1, -0.05) is 38.6 Å². The molecule has 1 aromatic heterocycles. The second-order valence-corrected chi connectivity index (χ2v) is 11.9. The van der Waals surface area contributed by atoms with Crippen molar-refractivity contribution in [2.24, 2.45) is 5.92 Å². The summed E-state index contributed by atoms with van der Waals surface area (Å²) in [6, 6.07) is 2.93. The van der Waals surface area contributed by atoms with Crippen molar-refractivity contribution in [3.63, 3.8) is 0 Å². The molecule has 32 heavy (non-hydrogen) atoms. The molecule has 1 fully saturated rings. The highest BCUT2D eigenvalue weighted by Crippen LogP contribution is 2.77. The Hall–Kier alpha value is -1.90. The standard InChI is InChI=1S/C20H27NO9P2/c1-5-6-9-17(28-18(22)11-14(2)3)15(4)19-29-31(24,25)20(23,32(26,27)30-19)12-16-8-7-10-21-13-16/h5-10,13-14,19,23H,4,11-12H2,1-3H3,(H,24,25)(H,26,27). The second kappa shape index (κ2) is 10.4. The van der Waals surface area contributed by atoms with Crippen LogP contribution in [0.5, 0.6) is 0 Å². The zero-order valence-corrected chi connectivity index (χ0v) is 19.7. The molecule has 0 bridgehead atoms. The Morgan fingerprint density at radius 3 is 2.47 bits per heavy atom. The number of carbonyl (C=O) groups excluding carboxylic acids is 1. The molecule has 2 unspecified atom stereocenters. The van der Waals surface area contributed by atoms with Crippen molar-refractivity contribution in [3.05, 3.63) is 66.2 Å².